The van der Waals surface area contributed by atoms with Crippen molar-refractivity contribution in [2.45, 2.75) is 45.6 Å². The molecular weight excluding hydrogens is 268 g/mol. The van der Waals surface area contributed by atoms with E-state index in [0.717, 1.165) is 18.7 Å². The van der Waals surface area contributed by atoms with Crippen molar-refractivity contribution in [3.8, 4) is 0 Å². The van der Waals surface area contributed by atoms with Crippen LogP contribution in [0.1, 0.15) is 38.4 Å². The molecule has 1 aliphatic rings. The standard InChI is InChI=1S/C14H20N6O/c1-3-11-6-4-5-7-20(11)14-17-13(9-15-18-14)16-12-8-10(2)21-19-12/h8-9,11H,3-7H2,1-2H3,(H,16,17,18,19). The molecule has 0 spiro atoms. The van der Waals surface area contributed by atoms with E-state index in [1.807, 2.05) is 13.0 Å². The van der Waals surface area contributed by atoms with Gasteiger partial charge in [0.15, 0.2) is 11.6 Å². The van der Waals surface area contributed by atoms with Crippen molar-refractivity contribution < 1.29 is 4.52 Å². The fourth-order valence-electron chi connectivity index (χ4n) is 2.72. The zero-order valence-electron chi connectivity index (χ0n) is 12.4. The Hall–Kier alpha value is -2.18. The lowest BCUT2D eigenvalue weighted by Gasteiger charge is -2.34. The summed E-state index contributed by atoms with van der Waals surface area (Å²) < 4.78 is 5.03. The van der Waals surface area contributed by atoms with Crippen molar-refractivity contribution in [1.29, 1.82) is 0 Å². The van der Waals surface area contributed by atoms with E-state index in [2.05, 4.69) is 37.5 Å². The molecule has 1 aliphatic heterocycles. The third kappa shape index (κ3) is 3.12. The van der Waals surface area contributed by atoms with E-state index in [-0.39, 0.29) is 0 Å². The van der Waals surface area contributed by atoms with E-state index in [1.165, 1.54) is 19.3 Å². The summed E-state index contributed by atoms with van der Waals surface area (Å²) in [6, 6.07) is 2.32. The Morgan fingerprint density at radius 3 is 3.05 bits per heavy atom. The number of aromatic nitrogens is 4. The molecule has 1 saturated heterocycles. The second kappa shape index (κ2) is 6.07. The molecule has 1 fully saturated rings. The second-order valence-corrected chi connectivity index (χ2v) is 5.34. The number of piperidine rings is 1. The van der Waals surface area contributed by atoms with Gasteiger partial charge in [-0.3, -0.25) is 0 Å². The second-order valence-electron chi connectivity index (χ2n) is 5.34. The summed E-state index contributed by atoms with van der Waals surface area (Å²) >= 11 is 0. The van der Waals surface area contributed by atoms with Crippen LogP contribution in [0.2, 0.25) is 0 Å². The lowest BCUT2D eigenvalue weighted by Crippen LogP contribution is -2.40. The zero-order chi connectivity index (χ0) is 14.7. The topological polar surface area (TPSA) is 80.0 Å². The predicted molar refractivity (Wildman–Crippen MR) is 79.6 cm³/mol. The van der Waals surface area contributed by atoms with Crippen LogP contribution in [-0.2, 0) is 0 Å². The van der Waals surface area contributed by atoms with E-state index in [1.54, 1.807) is 6.20 Å². The summed E-state index contributed by atoms with van der Waals surface area (Å²) in [6.07, 6.45) is 6.35. The van der Waals surface area contributed by atoms with Gasteiger partial charge in [0, 0.05) is 18.7 Å². The van der Waals surface area contributed by atoms with Gasteiger partial charge >= 0.3 is 0 Å². The van der Waals surface area contributed by atoms with Gasteiger partial charge in [0.2, 0.25) is 5.95 Å². The van der Waals surface area contributed by atoms with Gasteiger partial charge in [-0.1, -0.05) is 12.1 Å². The minimum atomic E-state index is 0.505. The van der Waals surface area contributed by atoms with E-state index in [9.17, 15) is 0 Å². The largest absolute Gasteiger partial charge is 0.360 e. The van der Waals surface area contributed by atoms with Crippen LogP contribution < -0.4 is 10.2 Å². The van der Waals surface area contributed by atoms with Crippen LogP contribution in [0.5, 0.6) is 0 Å². The van der Waals surface area contributed by atoms with Crippen LogP contribution in [0.3, 0.4) is 0 Å². The molecule has 0 saturated carbocycles. The van der Waals surface area contributed by atoms with Crippen LogP contribution in [0.15, 0.2) is 16.8 Å². The normalized spacial score (nSPS) is 18.8. The van der Waals surface area contributed by atoms with Gasteiger partial charge in [-0.15, -0.1) is 5.10 Å². The first-order valence-corrected chi connectivity index (χ1v) is 7.43. The first kappa shape index (κ1) is 13.8. The van der Waals surface area contributed by atoms with E-state index < -0.39 is 0 Å². The first-order chi connectivity index (χ1) is 10.3. The molecule has 1 unspecified atom stereocenters. The van der Waals surface area contributed by atoms with Crippen molar-refractivity contribution in [3.05, 3.63) is 18.0 Å². The average molecular weight is 288 g/mol. The Balaban J connectivity index is 1.78. The highest BCUT2D eigenvalue weighted by molar-refractivity contribution is 5.51. The minimum Gasteiger partial charge on any atom is -0.360 e. The highest BCUT2D eigenvalue weighted by Crippen LogP contribution is 2.24. The average Bonchev–Trinajstić information content (AvgIpc) is 2.92. The Morgan fingerprint density at radius 1 is 1.38 bits per heavy atom. The third-order valence-corrected chi connectivity index (χ3v) is 3.79. The van der Waals surface area contributed by atoms with Crippen LogP contribution >= 0.6 is 0 Å². The van der Waals surface area contributed by atoms with Crippen molar-refractivity contribution in [2.75, 3.05) is 16.8 Å². The number of hydrogen-bond acceptors (Lipinski definition) is 7. The summed E-state index contributed by atoms with van der Waals surface area (Å²) in [5.41, 5.74) is 0. The predicted octanol–water partition coefficient (Wildman–Crippen LogP) is 2.68. The molecule has 3 heterocycles. The number of aryl methyl sites for hydroxylation is 1. The molecular formula is C14H20N6O. The van der Waals surface area contributed by atoms with E-state index in [4.69, 9.17) is 4.52 Å². The summed E-state index contributed by atoms with van der Waals surface area (Å²) in [5, 5.41) is 15.2. The highest BCUT2D eigenvalue weighted by atomic mass is 16.5. The van der Waals surface area contributed by atoms with Gasteiger partial charge in [0.25, 0.3) is 0 Å². The maximum atomic E-state index is 5.03. The maximum Gasteiger partial charge on any atom is 0.247 e. The number of nitrogens with one attached hydrogen (secondary N) is 1. The molecule has 2 aromatic rings. The van der Waals surface area contributed by atoms with Crippen molar-refractivity contribution in [1.82, 2.24) is 20.3 Å². The minimum absolute atomic E-state index is 0.505. The molecule has 7 nitrogen and oxygen atoms in total. The van der Waals surface area contributed by atoms with Gasteiger partial charge in [-0.25, -0.2) is 0 Å². The van der Waals surface area contributed by atoms with Crippen LogP contribution in [0, 0.1) is 6.92 Å². The van der Waals surface area contributed by atoms with Crippen LogP contribution in [0.4, 0.5) is 17.6 Å². The Kier molecular flexibility index (Phi) is 3.98. The van der Waals surface area contributed by atoms with Gasteiger partial charge in [-0.05, 0) is 32.6 Å². The fourth-order valence-corrected chi connectivity index (χ4v) is 2.72. The molecule has 0 amide bonds. The summed E-state index contributed by atoms with van der Waals surface area (Å²) in [7, 11) is 0. The van der Waals surface area contributed by atoms with Crippen molar-refractivity contribution in [3.63, 3.8) is 0 Å². The quantitative estimate of drug-likeness (QED) is 0.926. The first-order valence-electron chi connectivity index (χ1n) is 7.43. The summed E-state index contributed by atoms with van der Waals surface area (Å²) in [6.45, 7) is 5.05. The van der Waals surface area contributed by atoms with E-state index >= 15 is 0 Å². The highest BCUT2D eigenvalue weighted by Gasteiger charge is 2.23. The molecule has 1 N–H and O–H groups in total. The Morgan fingerprint density at radius 2 is 2.29 bits per heavy atom. The molecule has 0 radical (unpaired) electrons. The number of nitrogens with zero attached hydrogens (tertiary/aromatic N) is 5. The smallest absolute Gasteiger partial charge is 0.247 e. The summed E-state index contributed by atoms with van der Waals surface area (Å²) in [5.74, 6) is 2.70. The molecule has 0 aliphatic carbocycles. The molecule has 2 aromatic heterocycles. The van der Waals surface area contributed by atoms with Crippen molar-refractivity contribution in [2.24, 2.45) is 0 Å². The molecule has 112 valence electrons. The Labute approximate surface area is 123 Å². The number of anilines is 3. The van der Waals surface area contributed by atoms with Crippen molar-refractivity contribution >= 4 is 17.6 Å². The SMILES string of the molecule is CCC1CCCCN1c1nncc(Nc2cc(C)on2)n1. The maximum absolute atomic E-state index is 5.03. The molecule has 0 bridgehead atoms. The molecule has 0 aromatic carbocycles. The molecule has 7 heteroatoms. The molecule has 1 atom stereocenters. The monoisotopic (exact) mass is 288 g/mol. The lowest BCUT2D eigenvalue weighted by atomic mass is 10.0. The van der Waals surface area contributed by atoms with Gasteiger partial charge < -0.3 is 14.7 Å². The zero-order valence-corrected chi connectivity index (χ0v) is 12.4. The van der Waals surface area contributed by atoms with Gasteiger partial charge in [0.1, 0.15) is 5.76 Å². The Bertz CT molecular complexity index is 599. The van der Waals surface area contributed by atoms with Crippen LogP contribution in [0.25, 0.3) is 0 Å². The number of hydrogen-bond donors (Lipinski definition) is 1. The summed E-state index contributed by atoms with van der Waals surface area (Å²) in [4.78, 5) is 6.82. The molecule has 3 rings (SSSR count). The third-order valence-electron chi connectivity index (χ3n) is 3.79. The lowest BCUT2D eigenvalue weighted by molar-refractivity contribution is 0.400. The van der Waals surface area contributed by atoms with Gasteiger partial charge in [-0.2, -0.15) is 10.1 Å². The van der Waals surface area contributed by atoms with Gasteiger partial charge in [0.05, 0.1) is 6.20 Å². The fraction of sp³-hybridized carbons (Fsp3) is 0.571. The van der Waals surface area contributed by atoms with E-state index in [0.29, 0.717) is 23.6 Å². The molecule has 21 heavy (non-hydrogen) atoms. The van der Waals surface area contributed by atoms with Crippen LogP contribution in [-0.4, -0.2) is 32.9 Å². The number of rotatable bonds is 4.